The highest BCUT2D eigenvalue weighted by Crippen LogP contribution is 2.23. The molecule has 1 heteroatoms. The van der Waals surface area contributed by atoms with E-state index in [2.05, 4.69) is 20.8 Å². The van der Waals surface area contributed by atoms with Crippen LogP contribution in [0.1, 0.15) is 40.0 Å². The van der Waals surface area contributed by atoms with Gasteiger partial charge in [-0.1, -0.05) is 20.8 Å². The Labute approximate surface area is 70.1 Å². The van der Waals surface area contributed by atoms with Crippen molar-refractivity contribution in [3.63, 3.8) is 0 Å². The summed E-state index contributed by atoms with van der Waals surface area (Å²) < 4.78 is 5.66. The SMILES string of the molecule is CC(C)C[C@H]1C[C@H](C)CCO1. The molecule has 11 heavy (non-hydrogen) atoms. The molecular formula is C10H20O. The zero-order valence-electron chi connectivity index (χ0n) is 7.97. The van der Waals surface area contributed by atoms with E-state index in [1.165, 1.54) is 19.3 Å². The topological polar surface area (TPSA) is 9.23 Å². The molecule has 0 radical (unpaired) electrons. The van der Waals surface area contributed by atoms with Gasteiger partial charge in [-0.05, 0) is 31.1 Å². The molecule has 0 saturated carbocycles. The predicted molar refractivity (Wildman–Crippen MR) is 47.6 cm³/mol. The molecule has 1 heterocycles. The maximum absolute atomic E-state index is 5.66. The number of hydrogen-bond donors (Lipinski definition) is 0. The van der Waals surface area contributed by atoms with Gasteiger partial charge in [0.05, 0.1) is 6.10 Å². The summed E-state index contributed by atoms with van der Waals surface area (Å²) in [6, 6.07) is 0. The van der Waals surface area contributed by atoms with Gasteiger partial charge in [-0.15, -0.1) is 0 Å². The molecule has 1 saturated heterocycles. The zero-order valence-corrected chi connectivity index (χ0v) is 7.97. The Kier molecular flexibility index (Phi) is 3.38. The van der Waals surface area contributed by atoms with E-state index in [1.54, 1.807) is 0 Å². The van der Waals surface area contributed by atoms with E-state index in [0.29, 0.717) is 6.10 Å². The standard InChI is InChI=1S/C10H20O/c1-8(2)6-10-7-9(3)4-5-11-10/h8-10H,4-7H2,1-3H3/t9-,10+/m1/s1. The Balaban J connectivity index is 2.23. The average Bonchev–Trinajstić information content (AvgIpc) is 1.85. The molecule has 0 amide bonds. The minimum absolute atomic E-state index is 0.554. The van der Waals surface area contributed by atoms with E-state index < -0.39 is 0 Å². The zero-order chi connectivity index (χ0) is 8.27. The molecule has 0 unspecified atom stereocenters. The lowest BCUT2D eigenvalue weighted by molar-refractivity contribution is -0.0155. The summed E-state index contributed by atoms with van der Waals surface area (Å²) in [5.41, 5.74) is 0. The summed E-state index contributed by atoms with van der Waals surface area (Å²) in [6.07, 6.45) is 4.33. The van der Waals surface area contributed by atoms with E-state index in [4.69, 9.17) is 4.74 Å². The Morgan fingerprint density at radius 1 is 1.45 bits per heavy atom. The van der Waals surface area contributed by atoms with Gasteiger partial charge in [0.1, 0.15) is 0 Å². The van der Waals surface area contributed by atoms with Crippen LogP contribution in [-0.2, 0) is 4.74 Å². The molecule has 0 aromatic heterocycles. The second-order valence-electron chi connectivity index (χ2n) is 4.25. The van der Waals surface area contributed by atoms with Crippen LogP contribution in [0.4, 0.5) is 0 Å². The molecule has 0 spiro atoms. The fourth-order valence-corrected chi connectivity index (χ4v) is 1.76. The molecule has 1 nitrogen and oxygen atoms in total. The Hall–Kier alpha value is -0.0400. The Morgan fingerprint density at radius 2 is 2.18 bits per heavy atom. The third kappa shape index (κ3) is 3.24. The molecule has 1 aliphatic heterocycles. The second-order valence-corrected chi connectivity index (χ2v) is 4.25. The van der Waals surface area contributed by atoms with Crippen molar-refractivity contribution >= 4 is 0 Å². The normalized spacial score (nSPS) is 32.7. The van der Waals surface area contributed by atoms with Crippen LogP contribution in [0.25, 0.3) is 0 Å². The summed E-state index contributed by atoms with van der Waals surface area (Å²) in [6.45, 7) is 7.85. The maximum atomic E-state index is 5.66. The van der Waals surface area contributed by atoms with E-state index in [1.807, 2.05) is 0 Å². The fraction of sp³-hybridized carbons (Fsp3) is 1.00. The Bertz CT molecular complexity index is 107. The third-order valence-corrected chi connectivity index (χ3v) is 2.36. The van der Waals surface area contributed by atoms with Gasteiger partial charge in [0.15, 0.2) is 0 Å². The van der Waals surface area contributed by atoms with E-state index in [-0.39, 0.29) is 0 Å². The molecule has 0 bridgehead atoms. The van der Waals surface area contributed by atoms with Gasteiger partial charge in [-0.2, -0.15) is 0 Å². The molecule has 0 aliphatic carbocycles. The largest absolute Gasteiger partial charge is 0.378 e. The van der Waals surface area contributed by atoms with Gasteiger partial charge in [-0.25, -0.2) is 0 Å². The van der Waals surface area contributed by atoms with Crippen molar-refractivity contribution in [2.75, 3.05) is 6.61 Å². The first-order valence-electron chi connectivity index (χ1n) is 4.80. The van der Waals surface area contributed by atoms with Crippen LogP contribution < -0.4 is 0 Å². The third-order valence-electron chi connectivity index (χ3n) is 2.36. The van der Waals surface area contributed by atoms with E-state index in [9.17, 15) is 0 Å². The first kappa shape index (κ1) is 9.05. The number of hydrogen-bond acceptors (Lipinski definition) is 1. The van der Waals surface area contributed by atoms with Crippen molar-refractivity contribution in [3.05, 3.63) is 0 Å². The molecule has 0 N–H and O–H groups in total. The van der Waals surface area contributed by atoms with Crippen molar-refractivity contribution in [1.82, 2.24) is 0 Å². The first-order chi connectivity index (χ1) is 5.18. The number of rotatable bonds is 2. The van der Waals surface area contributed by atoms with Crippen LogP contribution in [-0.4, -0.2) is 12.7 Å². The van der Waals surface area contributed by atoms with Crippen LogP contribution in [0.15, 0.2) is 0 Å². The number of ether oxygens (including phenoxy) is 1. The lowest BCUT2D eigenvalue weighted by Gasteiger charge is -2.28. The van der Waals surface area contributed by atoms with E-state index in [0.717, 1.165) is 18.4 Å². The summed E-state index contributed by atoms with van der Waals surface area (Å²) in [4.78, 5) is 0. The minimum atomic E-state index is 0.554. The summed E-state index contributed by atoms with van der Waals surface area (Å²) in [5.74, 6) is 1.66. The lowest BCUT2D eigenvalue weighted by atomic mass is 9.93. The minimum Gasteiger partial charge on any atom is -0.378 e. The first-order valence-corrected chi connectivity index (χ1v) is 4.80. The summed E-state index contributed by atoms with van der Waals surface area (Å²) >= 11 is 0. The molecule has 2 atom stereocenters. The van der Waals surface area contributed by atoms with Crippen LogP contribution in [0.5, 0.6) is 0 Å². The van der Waals surface area contributed by atoms with Crippen molar-refractivity contribution < 1.29 is 4.74 Å². The van der Waals surface area contributed by atoms with Gasteiger partial charge in [0.25, 0.3) is 0 Å². The summed E-state index contributed by atoms with van der Waals surface area (Å²) in [7, 11) is 0. The average molecular weight is 156 g/mol. The fourth-order valence-electron chi connectivity index (χ4n) is 1.76. The highest BCUT2D eigenvalue weighted by molar-refractivity contribution is 4.69. The Morgan fingerprint density at radius 3 is 2.73 bits per heavy atom. The van der Waals surface area contributed by atoms with Crippen LogP contribution in [0.2, 0.25) is 0 Å². The molecule has 0 aromatic rings. The predicted octanol–water partition coefficient (Wildman–Crippen LogP) is 2.85. The van der Waals surface area contributed by atoms with E-state index >= 15 is 0 Å². The quantitative estimate of drug-likeness (QED) is 0.597. The van der Waals surface area contributed by atoms with Crippen molar-refractivity contribution in [2.24, 2.45) is 11.8 Å². The van der Waals surface area contributed by atoms with Crippen molar-refractivity contribution in [1.29, 1.82) is 0 Å². The highest BCUT2D eigenvalue weighted by atomic mass is 16.5. The second kappa shape index (κ2) is 4.10. The summed E-state index contributed by atoms with van der Waals surface area (Å²) in [5, 5.41) is 0. The van der Waals surface area contributed by atoms with Gasteiger partial charge in [0, 0.05) is 6.61 Å². The van der Waals surface area contributed by atoms with Crippen molar-refractivity contribution in [2.45, 2.75) is 46.1 Å². The maximum Gasteiger partial charge on any atom is 0.0580 e. The lowest BCUT2D eigenvalue weighted by Crippen LogP contribution is -2.25. The monoisotopic (exact) mass is 156 g/mol. The van der Waals surface area contributed by atoms with Gasteiger partial charge >= 0.3 is 0 Å². The molecular weight excluding hydrogens is 136 g/mol. The molecule has 1 fully saturated rings. The molecule has 66 valence electrons. The van der Waals surface area contributed by atoms with Crippen LogP contribution in [0.3, 0.4) is 0 Å². The van der Waals surface area contributed by atoms with Crippen LogP contribution in [0, 0.1) is 11.8 Å². The molecule has 1 aliphatic rings. The highest BCUT2D eigenvalue weighted by Gasteiger charge is 2.19. The van der Waals surface area contributed by atoms with Gasteiger partial charge < -0.3 is 4.74 Å². The van der Waals surface area contributed by atoms with Gasteiger partial charge in [0.2, 0.25) is 0 Å². The molecule has 1 rings (SSSR count). The smallest absolute Gasteiger partial charge is 0.0580 e. The van der Waals surface area contributed by atoms with Crippen LogP contribution >= 0.6 is 0 Å². The van der Waals surface area contributed by atoms with Gasteiger partial charge in [-0.3, -0.25) is 0 Å². The van der Waals surface area contributed by atoms with Crippen molar-refractivity contribution in [3.8, 4) is 0 Å². The molecule has 0 aromatic carbocycles.